The van der Waals surface area contributed by atoms with E-state index in [-0.39, 0.29) is 30.1 Å². The van der Waals surface area contributed by atoms with E-state index in [0.29, 0.717) is 17.5 Å². The van der Waals surface area contributed by atoms with Crippen molar-refractivity contribution in [3.05, 3.63) is 23.7 Å². The first-order chi connectivity index (χ1) is 8.45. The molecule has 1 aromatic rings. The minimum Gasteiger partial charge on any atom is -0.455 e. The van der Waals surface area contributed by atoms with Gasteiger partial charge in [-0.3, -0.25) is 4.79 Å². The highest BCUT2D eigenvalue weighted by Gasteiger charge is 2.20. The van der Waals surface area contributed by atoms with Crippen LogP contribution in [0.2, 0.25) is 0 Å². The Hall–Kier alpha value is -1.08. The van der Waals surface area contributed by atoms with Gasteiger partial charge in [0.25, 0.3) is 11.7 Å². The van der Waals surface area contributed by atoms with Crippen LogP contribution in [0.1, 0.15) is 23.2 Å². The molecule has 0 radical (unpaired) electrons. The van der Waals surface area contributed by atoms with Crippen LogP contribution in [-0.2, 0) is 5.75 Å². The Bertz CT molecular complexity index is 397. The van der Waals surface area contributed by atoms with Crippen molar-refractivity contribution >= 4 is 17.7 Å². The fourth-order valence-corrected chi connectivity index (χ4v) is 1.66. The molecule has 4 nitrogen and oxygen atoms in total. The van der Waals surface area contributed by atoms with Crippen molar-refractivity contribution in [1.82, 2.24) is 4.90 Å². The van der Waals surface area contributed by atoms with Crippen molar-refractivity contribution in [2.45, 2.75) is 24.5 Å². The van der Waals surface area contributed by atoms with Gasteiger partial charge in [0.1, 0.15) is 5.76 Å². The van der Waals surface area contributed by atoms with Crippen LogP contribution in [0.3, 0.4) is 0 Å². The second-order valence-corrected chi connectivity index (χ2v) is 4.76. The zero-order valence-corrected chi connectivity index (χ0v) is 10.9. The molecular weight excluding hydrogens is 264 g/mol. The number of thioether (sulfide) groups is 1. The molecule has 1 atom stereocenters. The summed E-state index contributed by atoms with van der Waals surface area (Å²) in [5, 5.41) is 8.94. The van der Waals surface area contributed by atoms with Crippen molar-refractivity contribution in [3.8, 4) is 0 Å². The minimum absolute atomic E-state index is 0.0181. The Balaban J connectivity index is 2.64. The summed E-state index contributed by atoms with van der Waals surface area (Å²) in [6.07, 6.45) is 0. The zero-order valence-electron chi connectivity index (χ0n) is 10.1. The molecule has 0 aliphatic heterocycles. The zero-order chi connectivity index (χ0) is 13.7. The van der Waals surface area contributed by atoms with Gasteiger partial charge in [-0.1, -0.05) is 11.8 Å². The number of carbonyl (C=O) groups excluding carboxylic acids is 1. The fraction of sp³-hybridized carbons (Fsp3) is 0.545. The monoisotopic (exact) mass is 279 g/mol. The number of likely N-dealkylation sites (N-methyl/N-ethyl adjacent to an activating group) is 1. The number of furan rings is 1. The summed E-state index contributed by atoms with van der Waals surface area (Å²) in [7, 11) is 1.54. The van der Waals surface area contributed by atoms with Gasteiger partial charge in [0, 0.05) is 7.05 Å². The summed E-state index contributed by atoms with van der Waals surface area (Å²) < 4.78 is 29.2. The van der Waals surface area contributed by atoms with Crippen LogP contribution in [0.25, 0.3) is 0 Å². The Labute approximate surface area is 108 Å². The molecule has 0 saturated heterocycles. The van der Waals surface area contributed by atoms with Gasteiger partial charge in [-0.2, -0.15) is 8.78 Å². The lowest BCUT2D eigenvalue weighted by molar-refractivity contribution is 0.0649. The number of hydrogen-bond acceptors (Lipinski definition) is 4. The van der Waals surface area contributed by atoms with Crippen molar-refractivity contribution in [1.29, 1.82) is 0 Å². The maximum atomic E-state index is 12.0. The summed E-state index contributed by atoms with van der Waals surface area (Å²) in [6, 6.07) is 2.62. The number of rotatable bonds is 6. The number of alkyl halides is 2. The van der Waals surface area contributed by atoms with Crippen LogP contribution >= 0.6 is 11.8 Å². The summed E-state index contributed by atoms with van der Waals surface area (Å²) in [6.45, 7) is 1.53. The number of amides is 1. The highest BCUT2D eigenvalue weighted by molar-refractivity contribution is 7.98. The van der Waals surface area contributed by atoms with Gasteiger partial charge in [0.2, 0.25) is 0 Å². The van der Waals surface area contributed by atoms with Crippen LogP contribution in [-0.4, -0.2) is 41.4 Å². The van der Waals surface area contributed by atoms with Crippen LogP contribution in [0.5, 0.6) is 0 Å². The van der Waals surface area contributed by atoms with Gasteiger partial charge in [-0.05, 0) is 19.1 Å². The van der Waals surface area contributed by atoms with E-state index in [9.17, 15) is 13.6 Å². The lowest BCUT2D eigenvalue weighted by atomic mass is 10.3. The highest BCUT2D eigenvalue weighted by Crippen LogP contribution is 2.21. The van der Waals surface area contributed by atoms with E-state index in [4.69, 9.17) is 9.52 Å². The van der Waals surface area contributed by atoms with Crippen molar-refractivity contribution < 1.29 is 23.1 Å². The van der Waals surface area contributed by atoms with Crippen LogP contribution < -0.4 is 0 Å². The molecular formula is C11H15F2NO3S. The van der Waals surface area contributed by atoms with Gasteiger partial charge in [-0.15, -0.1) is 0 Å². The van der Waals surface area contributed by atoms with Crippen molar-refractivity contribution in [2.24, 2.45) is 0 Å². The molecule has 0 spiro atoms. The molecule has 0 bridgehead atoms. The second kappa shape index (κ2) is 6.75. The molecule has 1 aromatic heterocycles. The molecule has 102 valence electrons. The smallest absolute Gasteiger partial charge is 0.289 e. The summed E-state index contributed by atoms with van der Waals surface area (Å²) in [4.78, 5) is 13.2. The molecule has 1 unspecified atom stereocenters. The third-order valence-corrected chi connectivity index (χ3v) is 3.17. The molecule has 0 aliphatic carbocycles. The maximum absolute atomic E-state index is 12.0. The normalized spacial score (nSPS) is 12.8. The van der Waals surface area contributed by atoms with Crippen LogP contribution in [0.15, 0.2) is 16.5 Å². The molecule has 0 saturated carbocycles. The Morgan fingerprint density at radius 3 is 2.78 bits per heavy atom. The first-order valence-electron chi connectivity index (χ1n) is 5.32. The van der Waals surface area contributed by atoms with Crippen molar-refractivity contribution in [2.75, 3.05) is 13.7 Å². The quantitative estimate of drug-likeness (QED) is 0.867. The largest absolute Gasteiger partial charge is 0.455 e. The number of aliphatic hydroxyl groups is 1. The van der Waals surface area contributed by atoms with Crippen molar-refractivity contribution in [3.63, 3.8) is 0 Å². The van der Waals surface area contributed by atoms with Gasteiger partial charge in [-0.25, -0.2) is 0 Å². The molecule has 7 heteroatoms. The predicted molar refractivity (Wildman–Crippen MR) is 64.6 cm³/mol. The summed E-state index contributed by atoms with van der Waals surface area (Å²) >= 11 is 0.437. The number of aliphatic hydroxyl groups excluding tert-OH is 1. The third kappa shape index (κ3) is 3.99. The number of hydrogen-bond donors (Lipinski definition) is 1. The third-order valence-electron chi connectivity index (χ3n) is 2.47. The Morgan fingerprint density at radius 2 is 2.22 bits per heavy atom. The summed E-state index contributed by atoms with van der Waals surface area (Å²) in [5.74, 6) is -2.42. The van der Waals surface area contributed by atoms with Crippen LogP contribution in [0.4, 0.5) is 8.78 Å². The van der Waals surface area contributed by atoms with E-state index in [0.717, 1.165) is 0 Å². The Kier molecular flexibility index (Phi) is 5.61. The number of nitrogens with zero attached hydrogens (tertiary/aromatic N) is 1. The van der Waals surface area contributed by atoms with E-state index in [1.165, 1.54) is 17.0 Å². The summed E-state index contributed by atoms with van der Waals surface area (Å²) in [5.41, 5.74) is 0. The van der Waals surface area contributed by atoms with E-state index >= 15 is 0 Å². The lowest BCUT2D eigenvalue weighted by Gasteiger charge is -2.21. The van der Waals surface area contributed by atoms with E-state index in [2.05, 4.69) is 0 Å². The molecule has 0 aliphatic rings. The number of halogens is 2. The minimum atomic E-state index is -2.47. The standard InChI is InChI=1S/C11H15F2NO3S/c1-7(5-15)14(2)10(16)9-4-3-8(17-9)6-18-11(12)13/h3-4,7,11,15H,5-6H2,1-2H3. The van der Waals surface area contributed by atoms with E-state index in [1.54, 1.807) is 14.0 Å². The average Bonchev–Trinajstić information content (AvgIpc) is 2.82. The second-order valence-electron chi connectivity index (χ2n) is 3.79. The molecule has 1 amide bonds. The van der Waals surface area contributed by atoms with Gasteiger partial charge in [0.15, 0.2) is 5.76 Å². The molecule has 0 aromatic carbocycles. The first-order valence-corrected chi connectivity index (χ1v) is 6.37. The fourth-order valence-electron chi connectivity index (χ4n) is 1.21. The van der Waals surface area contributed by atoms with Gasteiger partial charge < -0.3 is 14.4 Å². The SMILES string of the molecule is CC(CO)N(C)C(=O)c1ccc(CSC(F)F)o1. The van der Waals surface area contributed by atoms with Gasteiger partial charge in [0.05, 0.1) is 18.4 Å². The predicted octanol–water partition coefficient (Wildman–Crippen LogP) is 2.19. The molecule has 1 N–H and O–H groups in total. The molecule has 18 heavy (non-hydrogen) atoms. The molecule has 1 rings (SSSR count). The number of carbonyl (C=O) groups is 1. The molecule has 0 fully saturated rings. The topological polar surface area (TPSA) is 53.7 Å². The Morgan fingerprint density at radius 1 is 1.56 bits per heavy atom. The van der Waals surface area contributed by atoms with E-state index in [1.807, 2.05) is 0 Å². The first kappa shape index (κ1) is 15.0. The van der Waals surface area contributed by atoms with E-state index < -0.39 is 5.76 Å². The highest BCUT2D eigenvalue weighted by atomic mass is 32.2. The lowest BCUT2D eigenvalue weighted by Crippen LogP contribution is -2.37. The average molecular weight is 279 g/mol. The molecule has 1 heterocycles. The maximum Gasteiger partial charge on any atom is 0.289 e. The van der Waals surface area contributed by atoms with Crippen LogP contribution in [0, 0.1) is 0 Å². The van der Waals surface area contributed by atoms with Gasteiger partial charge >= 0.3 is 0 Å².